The largest absolute Gasteiger partial charge is 0.465 e. The Morgan fingerprint density at radius 2 is 2.33 bits per heavy atom. The van der Waals surface area contributed by atoms with Gasteiger partial charge in [-0.25, -0.2) is 0 Å². The molecule has 0 unspecified atom stereocenters. The maximum absolute atomic E-state index is 11.3. The van der Waals surface area contributed by atoms with Crippen LogP contribution in [0.15, 0.2) is 12.7 Å². The Balaban J connectivity index is 2.27. The Morgan fingerprint density at radius 1 is 1.60 bits per heavy atom. The first kappa shape index (κ1) is 12.2. The first-order chi connectivity index (χ1) is 7.26. The van der Waals surface area contributed by atoms with Crippen molar-refractivity contribution in [3.63, 3.8) is 0 Å². The number of carbonyl (C=O) groups is 1. The summed E-state index contributed by atoms with van der Waals surface area (Å²) >= 11 is 0. The number of nitrogens with zero attached hydrogens (tertiary/aromatic N) is 1. The summed E-state index contributed by atoms with van der Waals surface area (Å²) in [6.07, 6.45) is 5.79. The van der Waals surface area contributed by atoms with Crippen LogP contribution < -0.4 is 0 Å². The molecule has 1 aliphatic rings. The average Bonchev–Trinajstić information content (AvgIpc) is 2.12. The summed E-state index contributed by atoms with van der Waals surface area (Å²) in [5, 5.41) is 0. The molecule has 0 heterocycles. The van der Waals surface area contributed by atoms with Gasteiger partial charge in [-0.2, -0.15) is 0 Å². The van der Waals surface area contributed by atoms with Crippen molar-refractivity contribution in [3.05, 3.63) is 12.7 Å². The summed E-state index contributed by atoms with van der Waals surface area (Å²) in [6, 6.07) is 0. The van der Waals surface area contributed by atoms with Crippen molar-refractivity contribution in [2.24, 2.45) is 5.92 Å². The van der Waals surface area contributed by atoms with E-state index >= 15 is 0 Å². The van der Waals surface area contributed by atoms with Crippen LogP contribution in [0.3, 0.4) is 0 Å². The Labute approximate surface area is 92.1 Å². The zero-order valence-corrected chi connectivity index (χ0v) is 9.58. The number of esters is 1. The zero-order valence-electron chi connectivity index (χ0n) is 9.58. The topological polar surface area (TPSA) is 29.5 Å². The van der Waals surface area contributed by atoms with E-state index < -0.39 is 0 Å². The van der Waals surface area contributed by atoms with Crippen molar-refractivity contribution in [1.82, 2.24) is 4.90 Å². The molecule has 0 amide bonds. The van der Waals surface area contributed by atoms with Crippen molar-refractivity contribution in [3.8, 4) is 0 Å². The van der Waals surface area contributed by atoms with Gasteiger partial charge >= 0.3 is 5.97 Å². The second-order valence-corrected chi connectivity index (χ2v) is 4.08. The SMILES string of the molecule is C=CCN(CC(=O)OCC)CC1CCC1. The lowest BCUT2D eigenvalue weighted by molar-refractivity contribution is -0.144. The Hall–Kier alpha value is -0.830. The highest BCUT2D eigenvalue weighted by molar-refractivity contribution is 5.71. The summed E-state index contributed by atoms with van der Waals surface area (Å²) in [4.78, 5) is 13.4. The first-order valence-electron chi connectivity index (χ1n) is 5.75. The second-order valence-electron chi connectivity index (χ2n) is 4.08. The van der Waals surface area contributed by atoms with Gasteiger partial charge in [0.1, 0.15) is 0 Å². The highest BCUT2D eigenvalue weighted by atomic mass is 16.5. The first-order valence-corrected chi connectivity index (χ1v) is 5.75. The van der Waals surface area contributed by atoms with E-state index in [4.69, 9.17) is 4.74 Å². The lowest BCUT2D eigenvalue weighted by atomic mass is 9.85. The van der Waals surface area contributed by atoms with Crippen molar-refractivity contribution < 1.29 is 9.53 Å². The fraction of sp³-hybridized carbons (Fsp3) is 0.750. The molecule has 0 spiro atoms. The Kier molecular flexibility index (Phi) is 5.40. The fourth-order valence-corrected chi connectivity index (χ4v) is 1.82. The van der Waals surface area contributed by atoms with Gasteiger partial charge in [0.15, 0.2) is 0 Å². The minimum absolute atomic E-state index is 0.126. The molecule has 3 heteroatoms. The van der Waals surface area contributed by atoms with Crippen LogP contribution in [0.25, 0.3) is 0 Å². The third-order valence-corrected chi connectivity index (χ3v) is 2.79. The van der Waals surface area contributed by atoms with Crippen molar-refractivity contribution in [1.29, 1.82) is 0 Å². The van der Waals surface area contributed by atoms with Gasteiger partial charge in [-0.1, -0.05) is 12.5 Å². The number of rotatable bonds is 7. The fourth-order valence-electron chi connectivity index (χ4n) is 1.82. The maximum atomic E-state index is 11.3. The Morgan fingerprint density at radius 3 is 2.80 bits per heavy atom. The third kappa shape index (κ3) is 4.47. The average molecular weight is 211 g/mol. The molecule has 0 aromatic heterocycles. The molecule has 1 saturated carbocycles. The molecule has 86 valence electrons. The zero-order chi connectivity index (χ0) is 11.1. The molecule has 0 radical (unpaired) electrons. The minimum atomic E-state index is -0.126. The van der Waals surface area contributed by atoms with Gasteiger partial charge in [0, 0.05) is 13.1 Å². The van der Waals surface area contributed by atoms with Crippen molar-refractivity contribution in [2.45, 2.75) is 26.2 Å². The molecule has 1 aliphatic carbocycles. The van der Waals surface area contributed by atoms with E-state index in [1.165, 1.54) is 19.3 Å². The number of hydrogen-bond donors (Lipinski definition) is 0. The van der Waals surface area contributed by atoms with Gasteiger partial charge < -0.3 is 4.74 Å². The monoisotopic (exact) mass is 211 g/mol. The van der Waals surface area contributed by atoms with E-state index in [0.29, 0.717) is 13.2 Å². The standard InChI is InChI=1S/C12H21NO2/c1-3-8-13(9-11-6-5-7-11)10-12(14)15-4-2/h3,11H,1,4-10H2,2H3. The van der Waals surface area contributed by atoms with Crippen LogP contribution in [0.1, 0.15) is 26.2 Å². The van der Waals surface area contributed by atoms with Crippen molar-refractivity contribution >= 4 is 5.97 Å². The van der Waals surface area contributed by atoms with Crippen LogP contribution in [0.2, 0.25) is 0 Å². The Bertz CT molecular complexity index is 212. The quantitative estimate of drug-likeness (QED) is 0.475. The molecule has 15 heavy (non-hydrogen) atoms. The third-order valence-electron chi connectivity index (χ3n) is 2.79. The molecular formula is C12H21NO2. The van der Waals surface area contributed by atoms with Crippen molar-refractivity contribution in [2.75, 3.05) is 26.2 Å². The predicted octanol–water partition coefficient (Wildman–Crippen LogP) is 1.84. The van der Waals surface area contributed by atoms with E-state index in [1.54, 1.807) is 0 Å². The van der Waals surface area contributed by atoms with Gasteiger partial charge in [-0.15, -0.1) is 6.58 Å². The van der Waals surface area contributed by atoms with Gasteiger partial charge in [0.2, 0.25) is 0 Å². The number of ether oxygens (including phenoxy) is 1. The highest BCUT2D eigenvalue weighted by Crippen LogP contribution is 2.26. The summed E-state index contributed by atoms with van der Waals surface area (Å²) in [6.45, 7) is 8.19. The van der Waals surface area contributed by atoms with E-state index in [2.05, 4.69) is 11.5 Å². The second kappa shape index (κ2) is 6.62. The molecule has 0 aromatic carbocycles. The normalized spacial score (nSPS) is 16.1. The van der Waals surface area contributed by atoms with Gasteiger partial charge in [-0.05, 0) is 25.7 Å². The lowest BCUT2D eigenvalue weighted by Crippen LogP contribution is -2.37. The molecule has 3 nitrogen and oxygen atoms in total. The minimum Gasteiger partial charge on any atom is -0.465 e. The van der Waals surface area contributed by atoms with E-state index in [-0.39, 0.29) is 5.97 Å². The van der Waals surface area contributed by atoms with Crippen LogP contribution >= 0.6 is 0 Å². The van der Waals surface area contributed by atoms with E-state index in [9.17, 15) is 4.79 Å². The molecule has 1 fully saturated rings. The molecule has 0 aromatic rings. The predicted molar refractivity (Wildman–Crippen MR) is 60.6 cm³/mol. The van der Waals surface area contributed by atoms with Crippen LogP contribution in [-0.2, 0) is 9.53 Å². The molecule has 1 rings (SSSR count). The highest BCUT2D eigenvalue weighted by Gasteiger charge is 2.21. The van der Waals surface area contributed by atoms with E-state index in [1.807, 2.05) is 13.0 Å². The van der Waals surface area contributed by atoms with Crippen LogP contribution in [-0.4, -0.2) is 37.1 Å². The van der Waals surface area contributed by atoms with Crippen LogP contribution in [0.4, 0.5) is 0 Å². The molecule has 0 atom stereocenters. The summed E-state index contributed by atoms with van der Waals surface area (Å²) in [5.41, 5.74) is 0. The number of carbonyl (C=O) groups excluding carboxylic acids is 1. The van der Waals surface area contributed by atoms with Gasteiger partial charge in [0.05, 0.1) is 13.2 Å². The summed E-state index contributed by atoms with van der Waals surface area (Å²) < 4.78 is 4.94. The maximum Gasteiger partial charge on any atom is 0.320 e. The molecule has 0 N–H and O–H groups in total. The van der Waals surface area contributed by atoms with Crippen LogP contribution in [0, 0.1) is 5.92 Å². The summed E-state index contributed by atoms with van der Waals surface area (Å²) in [7, 11) is 0. The summed E-state index contributed by atoms with van der Waals surface area (Å²) in [5.74, 6) is 0.651. The smallest absolute Gasteiger partial charge is 0.320 e. The molecule has 0 bridgehead atoms. The lowest BCUT2D eigenvalue weighted by Gasteiger charge is -2.31. The number of hydrogen-bond acceptors (Lipinski definition) is 3. The van der Waals surface area contributed by atoms with Gasteiger partial charge in [0.25, 0.3) is 0 Å². The molecule has 0 saturated heterocycles. The van der Waals surface area contributed by atoms with E-state index in [0.717, 1.165) is 19.0 Å². The molecular weight excluding hydrogens is 190 g/mol. The van der Waals surface area contributed by atoms with Gasteiger partial charge in [-0.3, -0.25) is 9.69 Å². The molecule has 0 aliphatic heterocycles. The van der Waals surface area contributed by atoms with Crippen LogP contribution in [0.5, 0.6) is 0 Å².